The van der Waals surface area contributed by atoms with Crippen molar-refractivity contribution in [3.05, 3.63) is 60.2 Å². The first-order chi connectivity index (χ1) is 15.1. The predicted molar refractivity (Wildman–Crippen MR) is 117 cm³/mol. The number of rotatable bonds is 8. The highest BCUT2D eigenvalue weighted by Gasteiger charge is 2.29. The van der Waals surface area contributed by atoms with Crippen LogP contribution in [-0.4, -0.2) is 38.1 Å². The first-order valence-corrected chi connectivity index (χ1v) is 10.6. The van der Waals surface area contributed by atoms with Crippen molar-refractivity contribution in [2.75, 3.05) is 5.32 Å². The molecule has 0 radical (unpaired) electrons. The van der Waals surface area contributed by atoms with Crippen molar-refractivity contribution in [1.82, 2.24) is 25.5 Å². The fourth-order valence-electron chi connectivity index (χ4n) is 3.39. The fourth-order valence-corrected chi connectivity index (χ4v) is 3.39. The summed E-state index contributed by atoms with van der Waals surface area (Å²) in [6, 6.07) is 16.1. The van der Waals surface area contributed by atoms with Crippen molar-refractivity contribution in [3.8, 4) is 11.4 Å². The second-order valence-corrected chi connectivity index (χ2v) is 7.95. The van der Waals surface area contributed by atoms with E-state index in [0.717, 1.165) is 30.7 Å². The van der Waals surface area contributed by atoms with Crippen LogP contribution in [-0.2, 0) is 4.79 Å². The Bertz CT molecular complexity index is 1040. The molecule has 1 saturated carbocycles. The number of nitrogens with zero attached hydrogens (tertiary/aromatic N) is 4. The van der Waals surface area contributed by atoms with E-state index in [-0.39, 0.29) is 17.7 Å². The largest absolute Gasteiger partial charge is 0.340 e. The SMILES string of the molecule is CCC(C)C(NC(=O)c1ccccc1)C(=O)Nc1ccc(-c2nnnn2C2CC2)cc1. The molecule has 1 aliphatic carbocycles. The second kappa shape index (κ2) is 9.07. The lowest BCUT2D eigenvalue weighted by atomic mass is 9.97. The van der Waals surface area contributed by atoms with Gasteiger partial charge in [-0.1, -0.05) is 38.5 Å². The molecule has 3 aromatic rings. The molecule has 8 nitrogen and oxygen atoms in total. The minimum Gasteiger partial charge on any atom is -0.340 e. The molecule has 0 aliphatic heterocycles. The number of hydrogen-bond donors (Lipinski definition) is 2. The summed E-state index contributed by atoms with van der Waals surface area (Å²) in [6.45, 7) is 3.95. The van der Waals surface area contributed by atoms with E-state index in [1.54, 1.807) is 24.3 Å². The summed E-state index contributed by atoms with van der Waals surface area (Å²) in [4.78, 5) is 25.6. The van der Waals surface area contributed by atoms with Gasteiger partial charge in [0.05, 0.1) is 6.04 Å². The van der Waals surface area contributed by atoms with Crippen LogP contribution in [0.5, 0.6) is 0 Å². The summed E-state index contributed by atoms with van der Waals surface area (Å²) in [6.07, 6.45) is 2.95. The van der Waals surface area contributed by atoms with Gasteiger partial charge in [0.2, 0.25) is 5.91 Å². The topological polar surface area (TPSA) is 102 Å². The Morgan fingerprint density at radius 1 is 1.10 bits per heavy atom. The molecule has 4 rings (SSSR count). The quantitative estimate of drug-likeness (QED) is 0.583. The van der Waals surface area contributed by atoms with E-state index in [1.165, 1.54) is 0 Å². The highest BCUT2D eigenvalue weighted by Crippen LogP contribution is 2.36. The maximum Gasteiger partial charge on any atom is 0.251 e. The number of tetrazole rings is 1. The van der Waals surface area contributed by atoms with E-state index in [9.17, 15) is 9.59 Å². The summed E-state index contributed by atoms with van der Waals surface area (Å²) in [7, 11) is 0. The minimum absolute atomic E-state index is 0.0184. The van der Waals surface area contributed by atoms with Gasteiger partial charge in [0, 0.05) is 16.8 Å². The van der Waals surface area contributed by atoms with Crippen molar-refractivity contribution in [2.24, 2.45) is 5.92 Å². The Hall–Kier alpha value is -3.55. The lowest BCUT2D eigenvalue weighted by Crippen LogP contribution is -2.47. The third kappa shape index (κ3) is 4.79. The van der Waals surface area contributed by atoms with Crippen molar-refractivity contribution < 1.29 is 9.59 Å². The van der Waals surface area contributed by atoms with Gasteiger partial charge in [-0.2, -0.15) is 0 Å². The number of anilines is 1. The first kappa shape index (κ1) is 20.7. The first-order valence-electron chi connectivity index (χ1n) is 10.6. The average Bonchev–Trinajstić information content (AvgIpc) is 3.54. The van der Waals surface area contributed by atoms with Gasteiger partial charge in [0.25, 0.3) is 5.91 Å². The maximum atomic E-state index is 13.0. The molecule has 0 bridgehead atoms. The Morgan fingerprint density at radius 2 is 1.81 bits per heavy atom. The van der Waals surface area contributed by atoms with E-state index < -0.39 is 6.04 Å². The molecule has 2 N–H and O–H groups in total. The number of amides is 2. The zero-order valence-corrected chi connectivity index (χ0v) is 17.7. The zero-order valence-electron chi connectivity index (χ0n) is 17.7. The minimum atomic E-state index is -0.639. The van der Waals surface area contributed by atoms with Crippen molar-refractivity contribution in [3.63, 3.8) is 0 Å². The zero-order chi connectivity index (χ0) is 21.8. The molecule has 1 aromatic heterocycles. The number of nitrogens with one attached hydrogen (secondary N) is 2. The lowest BCUT2D eigenvalue weighted by Gasteiger charge is -2.23. The van der Waals surface area contributed by atoms with Gasteiger partial charge in [-0.05, 0) is 65.6 Å². The van der Waals surface area contributed by atoms with Crippen LogP contribution in [0.3, 0.4) is 0 Å². The van der Waals surface area contributed by atoms with E-state index in [0.29, 0.717) is 17.3 Å². The number of hydrogen-bond acceptors (Lipinski definition) is 5. The van der Waals surface area contributed by atoms with Crippen LogP contribution < -0.4 is 10.6 Å². The lowest BCUT2D eigenvalue weighted by molar-refractivity contribution is -0.119. The highest BCUT2D eigenvalue weighted by molar-refractivity contribution is 6.01. The van der Waals surface area contributed by atoms with Crippen LogP contribution in [0, 0.1) is 5.92 Å². The number of benzene rings is 2. The van der Waals surface area contributed by atoms with Gasteiger partial charge in [0.1, 0.15) is 6.04 Å². The molecule has 8 heteroatoms. The molecule has 2 amide bonds. The van der Waals surface area contributed by atoms with Crippen LogP contribution in [0.15, 0.2) is 54.6 Å². The molecule has 1 fully saturated rings. The van der Waals surface area contributed by atoms with Gasteiger partial charge in [-0.15, -0.1) is 5.10 Å². The molecule has 160 valence electrons. The summed E-state index contributed by atoms with van der Waals surface area (Å²) in [5.41, 5.74) is 2.08. The van der Waals surface area contributed by atoms with Crippen LogP contribution in [0.2, 0.25) is 0 Å². The molecule has 1 heterocycles. The van der Waals surface area contributed by atoms with Crippen LogP contribution in [0.4, 0.5) is 5.69 Å². The Balaban J connectivity index is 1.45. The van der Waals surface area contributed by atoms with Gasteiger partial charge in [-0.25, -0.2) is 4.68 Å². The van der Waals surface area contributed by atoms with Gasteiger partial charge in [0.15, 0.2) is 5.82 Å². The molecular weight excluding hydrogens is 392 g/mol. The van der Waals surface area contributed by atoms with Gasteiger partial charge < -0.3 is 10.6 Å². The molecule has 0 spiro atoms. The van der Waals surface area contributed by atoms with Gasteiger partial charge in [-0.3, -0.25) is 9.59 Å². The molecule has 2 atom stereocenters. The number of carbonyl (C=O) groups is 2. The normalized spacial score (nSPS) is 15.2. The van der Waals surface area contributed by atoms with Crippen molar-refractivity contribution in [2.45, 2.75) is 45.2 Å². The summed E-state index contributed by atoms with van der Waals surface area (Å²) in [5, 5.41) is 17.8. The van der Waals surface area contributed by atoms with Crippen molar-refractivity contribution >= 4 is 17.5 Å². The smallest absolute Gasteiger partial charge is 0.251 e. The van der Waals surface area contributed by atoms with Crippen LogP contribution in [0.25, 0.3) is 11.4 Å². The third-order valence-electron chi connectivity index (χ3n) is 5.61. The monoisotopic (exact) mass is 418 g/mol. The van der Waals surface area contributed by atoms with E-state index in [4.69, 9.17) is 0 Å². The van der Waals surface area contributed by atoms with E-state index >= 15 is 0 Å². The van der Waals surface area contributed by atoms with E-state index in [2.05, 4.69) is 26.2 Å². The average molecular weight is 419 g/mol. The molecule has 0 saturated heterocycles. The Labute approximate surface area is 181 Å². The second-order valence-electron chi connectivity index (χ2n) is 7.95. The molecule has 2 aromatic carbocycles. The number of carbonyl (C=O) groups excluding carboxylic acids is 2. The Kier molecular flexibility index (Phi) is 6.06. The highest BCUT2D eigenvalue weighted by atomic mass is 16.2. The molecule has 31 heavy (non-hydrogen) atoms. The fraction of sp³-hybridized carbons (Fsp3) is 0.348. The summed E-state index contributed by atoms with van der Waals surface area (Å²) in [5.74, 6) is 0.209. The summed E-state index contributed by atoms with van der Waals surface area (Å²) < 4.78 is 1.85. The van der Waals surface area contributed by atoms with E-state index in [1.807, 2.05) is 48.9 Å². The molecular formula is C23H26N6O2. The predicted octanol–water partition coefficient (Wildman–Crippen LogP) is 3.46. The Morgan fingerprint density at radius 3 is 2.45 bits per heavy atom. The summed E-state index contributed by atoms with van der Waals surface area (Å²) >= 11 is 0. The number of aromatic nitrogens is 4. The van der Waals surface area contributed by atoms with Crippen molar-refractivity contribution in [1.29, 1.82) is 0 Å². The standard InChI is InChI=1S/C23H26N6O2/c1-3-15(2)20(25-22(30)17-7-5-4-6-8-17)23(31)24-18-11-9-16(10-12-18)21-26-27-28-29(21)19-13-14-19/h4-12,15,19-20H,3,13-14H2,1-2H3,(H,24,31)(H,25,30). The third-order valence-corrected chi connectivity index (χ3v) is 5.61. The molecule has 2 unspecified atom stereocenters. The van der Waals surface area contributed by atoms with Crippen LogP contribution in [0.1, 0.15) is 49.5 Å². The molecule has 1 aliphatic rings. The van der Waals surface area contributed by atoms with Crippen LogP contribution >= 0.6 is 0 Å². The maximum absolute atomic E-state index is 13.0. The van der Waals surface area contributed by atoms with Gasteiger partial charge >= 0.3 is 0 Å².